The number of nitrogens with two attached hydrogens (primary N) is 1. The Labute approximate surface area is 189 Å². The van der Waals surface area contributed by atoms with Crippen LogP contribution in [0.5, 0.6) is 0 Å². The first-order valence-electron chi connectivity index (χ1n) is 11.4. The highest BCUT2D eigenvalue weighted by molar-refractivity contribution is 6.18. The minimum atomic E-state index is -0.196. The maximum atomic E-state index is 14.0. The van der Waals surface area contributed by atoms with Gasteiger partial charge in [0.05, 0.1) is 22.8 Å². The Morgan fingerprint density at radius 3 is 2.31 bits per heavy atom. The average Bonchev–Trinajstić information content (AvgIpc) is 2.95. The highest BCUT2D eigenvalue weighted by Crippen LogP contribution is 2.39. The SMILES string of the molecule is Cc1ccc2c(c1)N(c1ccc(N)cc1)C(=O)N(c1ccccc1)N=C2C1CCCCC1. The summed E-state index contributed by atoms with van der Waals surface area (Å²) in [5.41, 5.74) is 12.2. The van der Waals surface area contributed by atoms with Crippen LogP contribution in [0.25, 0.3) is 0 Å². The molecule has 0 spiro atoms. The van der Waals surface area contributed by atoms with Crippen molar-refractivity contribution in [1.82, 2.24) is 0 Å². The summed E-state index contributed by atoms with van der Waals surface area (Å²) in [5.74, 6) is 0.343. The summed E-state index contributed by atoms with van der Waals surface area (Å²) in [4.78, 5) is 15.8. The molecule has 2 amide bonds. The highest BCUT2D eigenvalue weighted by atomic mass is 16.2. The molecule has 0 radical (unpaired) electrons. The van der Waals surface area contributed by atoms with Crippen LogP contribution in [0.2, 0.25) is 0 Å². The molecule has 0 atom stereocenters. The number of hydrogen-bond donors (Lipinski definition) is 1. The number of benzene rings is 3. The molecule has 1 saturated carbocycles. The Kier molecular flexibility index (Phi) is 5.39. The minimum Gasteiger partial charge on any atom is -0.399 e. The summed E-state index contributed by atoms with van der Waals surface area (Å²) in [7, 11) is 0. The summed E-state index contributed by atoms with van der Waals surface area (Å²) >= 11 is 0. The van der Waals surface area contributed by atoms with E-state index in [0.717, 1.165) is 46.7 Å². The Morgan fingerprint density at radius 2 is 1.59 bits per heavy atom. The number of urea groups is 1. The smallest absolute Gasteiger partial charge is 0.354 e. The van der Waals surface area contributed by atoms with Gasteiger partial charge in [-0.1, -0.05) is 49.6 Å². The van der Waals surface area contributed by atoms with E-state index >= 15 is 0 Å². The lowest BCUT2D eigenvalue weighted by atomic mass is 9.82. The van der Waals surface area contributed by atoms with Crippen molar-refractivity contribution in [3.05, 3.63) is 83.9 Å². The van der Waals surface area contributed by atoms with Crippen LogP contribution in [-0.4, -0.2) is 11.7 Å². The summed E-state index contributed by atoms with van der Waals surface area (Å²) in [6.45, 7) is 2.06. The van der Waals surface area contributed by atoms with Gasteiger partial charge in [0.1, 0.15) is 0 Å². The number of para-hydroxylation sites is 1. The largest absolute Gasteiger partial charge is 0.399 e. The van der Waals surface area contributed by atoms with E-state index in [1.54, 1.807) is 9.91 Å². The Hall–Kier alpha value is -3.60. The van der Waals surface area contributed by atoms with Crippen molar-refractivity contribution in [2.24, 2.45) is 11.0 Å². The number of amides is 2. The summed E-state index contributed by atoms with van der Waals surface area (Å²) < 4.78 is 0. The molecule has 3 aromatic rings. The fraction of sp³-hybridized carbons (Fsp3) is 0.259. The second kappa shape index (κ2) is 8.50. The first kappa shape index (κ1) is 20.3. The molecule has 2 aliphatic rings. The number of hydrogen-bond acceptors (Lipinski definition) is 3. The number of aryl methyl sites for hydroxylation is 1. The number of hydrazone groups is 1. The van der Waals surface area contributed by atoms with Gasteiger partial charge in [0.25, 0.3) is 0 Å². The average molecular weight is 425 g/mol. The van der Waals surface area contributed by atoms with Gasteiger partial charge >= 0.3 is 6.03 Å². The molecule has 3 aromatic carbocycles. The Morgan fingerprint density at radius 1 is 0.875 bits per heavy atom. The number of fused-ring (bicyclic) bond motifs is 1. The molecule has 32 heavy (non-hydrogen) atoms. The van der Waals surface area contributed by atoms with Crippen molar-refractivity contribution in [3.8, 4) is 0 Å². The molecule has 1 aliphatic heterocycles. The van der Waals surface area contributed by atoms with E-state index in [9.17, 15) is 4.79 Å². The zero-order valence-electron chi connectivity index (χ0n) is 18.4. The molecular weight excluding hydrogens is 396 g/mol. The predicted molar refractivity (Wildman–Crippen MR) is 132 cm³/mol. The Balaban J connectivity index is 1.74. The maximum absolute atomic E-state index is 14.0. The molecule has 5 rings (SSSR count). The molecule has 5 heteroatoms. The highest BCUT2D eigenvalue weighted by Gasteiger charge is 2.34. The predicted octanol–water partition coefficient (Wildman–Crippen LogP) is 6.64. The van der Waals surface area contributed by atoms with E-state index in [1.807, 2.05) is 54.6 Å². The van der Waals surface area contributed by atoms with Gasteiger partial charge in [-0.05, 0) is 67.8 Å². The third kappa shape index (κ3) is 3.75. The zero-order valence-corrected chi connectivity index (χ0v) is 18.4. The van der Waals surface area contributed by atoms with Gasteiger partial charge in [-0.2, -0.15) is 10.1 Å². The zero-order chi connectivity index (χ0) is 22.1. The van der Waals surface area contributed by atoms with Crippen LogP contribution in [0.15, 0.2) is 77.9 Å². The first-order chi connectivity index (χ1) is 15.6. The van der Waals surface area contributed by atoms with E-state index in [2.05, 4.69) is 25.1 Å². The summed E-state index contributed by atoms with van der Waals surface area (Å²) in [5, 5.41) is 6.61. The van der Waals surface area contributed by atoms with Gasteiger partial charge in [-0.3, -0.25) is 4.90 Å². The monoisotopic (exact) mass is 424 g/mol. The number of carbonyl (C=O) groups is 1. The second-order valence-electron chi connectivity index (χ2n) is 8.70. The first-order valence-corrected chi connectivity index (χ1v) is 11.4. The number of rotatable bonds is 3. The van der Waals surface area contributed by atoms with Crippen LogP contribution in [0.4, 0.5) is 27.5 Å². The Bertz CT molecular complexity index is 1150. The van der Waals surface area contributed by atoms with Gasteiger partial charge in [0.15, 0.2) is 0 Å². The van der Waals surface area contributed by atoms with Crippen molar-refractivity contribution in [3.63, 3.8) is 0 Å². The molecular formula is C27H28N4O. The van der Waals surface area contributed by atoms with Crippen molar-refractivity contribution < 1.29 is 4.79 Å². The molecule has 0 aromatic heterocycles. The van der Waals surface area contributed by atoms with Crippen LogP contribution in [0.3, 0.4) is 0 Å². The fourth-order valence-electron chi connectivity index (χ4n) is 4.73. The van der Waals surface area contributed by atoms with E-state index in [0.29, 0.717) is 11.6 Å². The van der Waals surface area contributed by atoms with Crippen LogP contribution in [-0.2, 0) is 0 Å². The van der Waals surface area contributed by atoms with Crippen molar-refractivity contribution >= 4 is 34.5 Å². The second-order valence-corrected chi connectivity index (χ2v) is 8.70. The molecule has 2 N–H and O–H groups in total. The maximum Gasteiger partial charge on any atom is 0.354 e. The van der Waals surface area contributed by atoms with Crippen LogP contribution in [0.1, 0.15) is 43.2 Å². The molecule has 0 unspecified atom stereocenters. The quantitative estimate of drug-likeness (QED) is 0.479. The third-order valence-electron chi connectivity index (χ3n) is 6.39. The lowest BCUT2D eigenvalue weighted by molar-refractivity contribution is 0.254. The molecule has 1 fully saturated rings. The van der Waals surface area contributed by atoms with E-state index in [1.165, 1.54) is 19.3 Å². The van der Waals surface area contributed by atoms with Crippen molar-refractivity contribution in [1.29, 1.82) is 0 Å². The molecule has 5 nitrogen and oxygen atoms in total. The fourth-order valence-corrected chi connectivity index (χ4v) is 4.73. The molecule has 0 saturated heterocycles. The van der Waals surface area contributed by atoms with Gasteiger partial charge in [0, 0.05) is 17.2 Å². The van der Waals surface area contributed by atoms with Crippen LogP contribution < -0.4 is 15.6 Å². The number of nitrogens with zero attached hydrogens (tertiary/aromatic N) is 3. The van der Waals surface area contributed by atoms with Gasteiger partial charge in [-0.25, -0.2) is 4.79 Å². The lowest BCUT2D eigenvalue weighted by Crippen LogP contribution is -2.37. The topological polar surface area (TPSA) is 61.9 Å². The van der Waals surface area contributed by atoms with Crippen LogP contribution in [0, 0.1) is 12.8 Å². The van der Waals surface area contributed by atoms with Gasteiger partial charge in [-0.15, -0.1) is 0 Å². The van der Waals surface area contributed by atoms with Gasteiger partial charge < -0.3 is 5.73 Å². The van der Waals surface area contributed by atoms with E-state index in [-0.39, 0.29) is 6.03 Å². The molecule has 1 heterocycles. The molecule has 0 bridgehead atoms. The summed E-state index contributed by atoms with van der Waals surface area (Å²) in [6.07, 6.45) is 5.87. The number of carbonyl (C=O) groups excluding carboxylic acids is 1. The standard InChI is InChI=1S/C27H28N4O/c1-19-12-17-24-25(18-19)30(22-15-13-21(28)14-16-22)27(32)31(23-10-6-3-7-11-23)29-26(24)20-8-4-2-5-9-20/h3,6-7,10-18,20H,2,4-5,8-9,28H2,1H3. The minimum absolute atomic E-state index is 0.196. The third-order valence-corrected chi connectivity index (χ3v) is 6.39. The van der Waals surface area contributed by atoms with E-state index in [4.69, 9.17) is 10.8 Å². The van der Waals surface area contributed by atoms with Gasteiger partial charge in [0.2, 0.25) is 0 Å². The van der Waals surface area contributed by atoms with Crippen molar-refractivity contribution in [2.75, 3.05) is 15.6 Å². The summed E-state index contributed by atoms with van der Waals surface area (Å²) in [6, 6.07) is 23.3. The molecule has 162 valence electrons. The van der Waals surface area contributed by atoms with Crippen molar-refractivity contribution in [2.45, 2.75) is 39.0 Å². The molecule has 1 aliphatic carbocycles. The number of nitrogen functional groups attached to an aromatic ring is 1. The van der Waals surface area contributed by atoms with Crippen LogP contribution >= 0.6 is 0 Å². The van der Waals surface area contributed by atoms with E-state index < -0.39 is 0 Å². The number of anilines is 4. The lowest BCUT2D eigenvalue weighted by Gasteiger charge is -2.27. The normalized spacial score (nSPS) is 17.0.